The largest absolute Gasteiger partial charge is 0.441 e. The Bertz CT molecular complexity index is 1270. The SMILES string of the molecule is Cc1noc(-c2ccc(CC(=O)CS(C)(=O)=O)cc2)c1NC(=O)OC(C)c1ccccc1Cl. The molecule has 1 unspecified atom stereocenters. The summed E-state index contributed by atoms with van der Waals surface area (Å²) >= 11 is 6.16. The third-order valence-electron chi connectivity index (χ3n) is 4.76. The summed E-state index contributed by atoms with van der Waals surface area (Å²) in [4.78, 5) is 24.4. The number of carbonyl (C=O) groups excluding carboxylic acids is 2. The zero-order valence-corrected chi connectivity index (χ0v) is 19.9. The Hall–Kier alpha value is -3.17. The first-order chi connectivity index (χ1) is 15.5. The van der Waals surface area contributed by atoms with Gasteiger partial charge in [-0.2, -0.15) is 0 Å². The number of hydrogen-bond acceptors (Lipinski definition) is 7. The molecule has 0 saturated carbocycles. The Kier molecular flexibility index (Phi) is 7.55. The number of Topliss-reactive ketones (excluding diaryl/α,β-unsaturated/α-hetero) is 1. The summed E-state index contributed by atoms with van der Waals surface area (Å²) in [6.07, 6.45) is -0.251. The molecule has 0 aliphatic carbocycles. The molecule has 10 heteroatoms. The summed E-state index contributed by atoms with van der Waals surface area (Å²) in [7, 11) is -3.37. The Balaban J connectivity index is 1.71. The molecule has 0 fully saturated rings. The predicted molar refractivity (Wildman–Crippen MR) is 125 cm³/mol. The Morgan fingerprint density at radius 3 is 2.45 bits per heavy atom. The number of aromatic nitrogens is 1. The fraction of sp³-hybridized carbons (Fsp3) is 0.261. The standard InChI is InChI=1S/C23H23ClN2O6S/c1-14-21(25-23(28)31-15(2)19-6-4-5-7-20(19)24)22(32-26-14)17-10-8-16(9-11-17)12-18(27)13-33(3,29)30/h4-11,15H,12-13H2,1-3H3,(H,25,28). The summed E-state index contributed by atoms with van der Waals surface area (Å²) < 4.78 is 33.4. The van der Waals surface area contributed by atoms with Gasteiger partial charge in [0.25, 0.3) is 0 Å². The maximum Gasteiger partial charge on any atom is 0.412 e. The van der Waals surface area contributed by atoms with Crippen molar-refractivity contribution in [2.75, 3.05) is 17.3 Å². The number of hydrogen-bond donors (Lipinski definition) is 1. The molecule has 0 bridgehead atoms. The monoisotopic (exact) mass is 490 g/mol. The highest BCUT2D eigenvalue weighted by atomic mass is 35.5. The summed E-state index contributed by atoms with van der Waals surface area (Å²) in [6, 6.07) is 13.9. The number of halogens is 1. The number of sulfone groups is 1. The predicted octanol–water partition coefficient (Wildman–Crippen LogP) is 4.77. The molecule has 0 saturated heterocycles. The van der Waals surface area contributed by atoms with Crippen LogP contribution in [0.1, 0.15) is 29.8 Å². The van der Waals surface area contributed by atoms with Crippen LogP contribution in [-0.2, 0) is 25.8 Å². The van der Waals surface area contributed by atoms with Crippen LogP contribution >= 0.6 is 11.6 Å². The number of nitrogens with zero attached hydrogens (tertiary/aromatic N) is 1. The smallest absolute Gasteiger partial charge is 0.412 e. The minimum Gasteiger partial charge on any atom is -0.441 e. The second-order valence-corrected chi connectivity index (χ2v) is 10.2. The van der Waals surface area contributed by atoms with Gasteiger partial charge in [-0.25, -0.2) is 13.2 Å². The first kappa shape index (κ1) is 24.5. The van der Waals surface area contributed by atoms with E-state index in [2.05, 4.69) is 10.5 Å². The van der Waals surface area contributed by atoms with Gasteiger partial charge >= 0.3 is 6.09 Å². The molecule has 1 amide bonds. The van der Waals surface area contributed by atoms with Crippen LogP contribution in [0.2, 0.25) is 5.02 Å². The van der Waals surface area contributed by atoms with Gasteiger partial charge in [0, 0.05) is 28.8 Å². The number of ether oxygens (including phenoxy) is 1. The average Bonchev–Trinajstić information content (AvgIpc) is 3.07. The van der Waals surface area contributed by atoms with Crippen molar-refractivity contribution in [2.24, 2.45) is 0 Å². The van der Waals surface area contributed by atoms with Crippen molar-refractivity contribution in [3.63, 3.8) is 0 Å². The summed E-state index contributed by atoms with van der Waals surface area (Å²) in [5, 5.41) is 7.09. The highest BCUT2D eigenvalue weighted by Gasteiger charge is 2.21. The molecule has 33 heavy (non-hydrogen) atoms. The van der Waals surface area contributed by atoms with E-state index in [0.29, 0.717) is 38.9 Å². The van der Waals surface area contributed by atoms with Crippen molar-refractivity contribution < 1.29 is 27.3 Å². The summed E-state index contributed by atoms with van der Waals surface area (Å²) in [5.41, 5.74) is 2.76. The number of carbonyl (C=O) groups is 2. The summed E-state index contributed by atoms with van der Waals surface area (Å²) in [5.74, 6) is -0.568. The van der Waals surface area contributed by atoms with Gasteiger partial charge in [-0.05, 0) is 25.5 Å². The highest BCUT2D eigenvalue weighted by molar-refractivity contribution is 7.91. The van der Waals surface area contributed by atoms with E-state index < -0.39 is 33.6 Å². The molecule has 174 valence electrons. The fourth-order valence-electron chi connectivity index (χ4n) is 3.22. The van der Waals surface area contributed by atoms with Crippen molar-refractivity contribution in [3.05, 3.63) is 70.4 Å². The van der Waals surface area contributed by atoms with Crippen LogP contribution in [0, 0.1) is 6.92 Å². The lowest BCUT2D eigenvalue weighted by Gasteiger charge is -2.15. The molecular weight excluding hydrogens is 468 g/mol. The van der Waals surface area contributed by atoms with Crippen LogP contribution in [0.3, 0.4) is 0 Å². The van der Waals surface area contributed by atoms with E-state index >= 15 is 0 Å². The third kappa shape index (κ3) is 6.66. The molecule has 0 aliphatic rings. The Morgan fingerprint density at radius 2 is 1.82 bits per heavy atom. The minimum absolute atomic E-state index is 0.000148. The van der Waals surface area contributed by atoms with Crippen molar-refractivity contribution in [3.8, 4) is 11.3 Å². The zero-order chi connectivity index (χ0) is 24.2. The van der Waals surface area contributed by atoms with E-state index in [1.54, 1.807) is 62.4 Å². The van der Waals surface area contributed by atoms with Crippen molar-refractivity contribution in [1.29, 1.82) is 0 Å². The molecular formula is C23H23ClN2O6S. The van der Waals surface area contributed by atoms with Crippen molar-refractivity contribution in [2.45, 2.75) is 26.4 Å². The Morgan fingerprint density at radius 1 is 1.15 bits per heavy atom. The highest BCUT2D eigenvalue weighted by Crippen LogP contribution is 2.32. The van der Waals surface area contributed by atoms with Crippen LogP contribution in [0.15, 0.2) is 53.1 Å². The molecule has 0 spiro atoms. The third-order valence-corrected chi connectivity index (χ3v) is 5.95. The second kappa shape index (κ2) is 10.2. The van der Waals surface area contributed by atoms with Gasteiger partial charge in [0.1, 0.15) is 23.2 Å². The van der Waals surface area contributed by atoms with Crippen LogP contribution in [-0.4, -0.2) is 37.5 Å². The van der Waals surface area contributed by atoms with Crippen molar-refractivity contribution in [1.82, 2.24) is 5.16 Å². The van der Waals surface area contributed by atoms with Gasteiger partial charge in [0.15, 0.2) is 21.4 Å². The number of anilines is 1. The lowest BCUT2D eigenvalue weighted by Crippen LogP contribution is -2.17. The normalized spacial score (nSPS) is 12.2. The van der Waals surface area contributed by atoms with E-state index in [9.17, 15) is 18.0 Å². The maximum absolute atomic E-state index is 12.5. The van der Waals surface area contributed by atoms with E-state index in [-0.39, 0.29) is 6.42 Å². The van der Waals surface area contributed by atoms with E-state index in [1.165, 1.54) is 0 Å². The number of rotatable bonds is 8. The van der Waals surface area contributed by atoms with E-state index in [4.69, 9.17) is 20.9 Å². The van der Waals surface area contributed by atoms with Crippen LogP contribution in [0.25, 0.3) is 11.3 Å². The van der Waals surface area contributed by atoms with Gasteiger partial charge in [0.2, 0.25) is 0 Å². The lowest BCUT2D eigenvalue weighted by molar-refractivity contribution is -0.116. The van der Waals surface area contributed by atoms with E-state index in [0.717, 1.165) is 6.26 Å². The average molecular weight is 491 g/mol. The molecule has 3 aromatic rings. The number of amides is 1. The van der Waals surface area contributed by atoms with Crippen LogP contribution in [0.4, 0.5) is 10.5 Å². The van der Waals surface area contributed by atoms with Gasteiger partial charge in [-0.3, -0.25) is 10.1 Å². The van der Waals surface area contributed by atoms with Crippen molar-refractivity contribution >= 4 is 39.0 Å². The minimum atomic E-state index is -3.37. The number of ketones is 1. The van der Waals surface area contributed by atoms with Crippen LogP contribution < -0.4 is 5.32 Å². The van der Waals surface area contributed by atoms with Gasteiger partial charge in [0.05, 0.1) is 0 Å². The molecule has 0 aliphatic heterocycles. The maximum atomic E-state index is 12.5. The summed E-state index contributed by atoms with van der Waals surface area (Å²) in [6.45, 7) is 3.39. The topological polar surface area (TPSA) is 116 Å². The van der Waals surface area contributed by atoms with Gasteiger partial charge in [-0.15, -0.1) is 0 Å². The van der Waals surface area contributed by atoms with Crippen LogP contribution in [0.5, 0.6) is 0 Å². The van der Waals surface area contributed by atoms with Gasteiger partial charge in [-0.1, -0.05) is 59.2 Å². The van der Waals surface area contributed by atoms with Gasteiger partial charge < -0.3 is 9.26 Å². The lowest BCUT2D eigenvalue weighted by atomic mass is 10.1. The molecule has 1 atom stereocenters. The second-order valence-electron chi connectivity index (χ2n) is 7.65. The Labute approximate surface area is 196 Å². The number of benzene rings is 2. The van der Waals surface area contributed by atoms with E-state index in [1.807, 2.05) is 0 Å². The number of nitrogens with one attached hydrogen (secondary N) is 1. The molecule has 0 radical (unpaired) electrons. The number of aryl methyl sites for hydroxylation is 1. The molecule has 2 aromatic carbocycles. The molecule has 1 heterocycles. The molecule has 1 aromatic heterocycles. The fourth-order valence-corrected chi connectivity index (χ4v) is 4.20. The molecule has 8 nitrogen and oxygen atoms in total. The molecule has 1 N–H and O–H groups in total. The molecule has 3 rings (SSSR count). The quantitative estimate of drug-likeness (QED) is 0.483. The first-order valence-corrected chi connectivity index (χ1v) is 12.4. The zero-order valence-electron chi connectivity index (χ0n) is 18.3. The first-order valence-electron chi connectivity index (χ1n) is 10.0.